The molecule has 0 spiro atoms. The second-order valence-electron chi connectivity index (χ2n) is 7.53. The van der Waals surface area contributed by atoms with Gasteiger partial charge in [-0.15, -0.1) is 0 Å². The second-order valence-corrected chi connectivity index (χ2v) is 7.53. The maximum atomic E-state index is 13.0. The number of carbonyl (C=O) groups excluding carboxylic acids is 2. The summed E-state index contributed by atoms with van der Waals surface area (Å²) >= 11 is 0. The molecular formula is C17H25F2N5O2. The van der Waals surface area contributed by atoms with E-state index in [2.05, 4.69) is 10.4 Å². The van der Waals surface area contributed by atoms with Crippen LogP contribution >= 0.6 is 0 Å². The van der Waals surface area contributed by atoms with Gasteiger partial charge in [0.1, 0.15) is 11.4 Å². The van der Waals surface area contributed by atoms with Gasteiger partial charge in [-0.25, -0.2) is 8.78 Å². The summed E-state index contributed by atoms with van der Waals surface area (Å²) in [6, 6.07) is 1.79. The number of alkyl halides is 2. The normalized spacial score (nSPS) is 21.8. The number of anilines is 1. The fraction of sp³-hybridized carbons (Fsp3) is 0.706. The van der Waals surface area contributed by atoms with E-state index in [-0.39, 0.29) is 24.7 Å². The SMILES string of the molecule is CN(C)C(=O)C1(Nc2ccnn2C)CCN(C(=O)C2CC(F)(F)C2)CC1. The van der Waals surface area contributed by atoms with Crippen LogP contribution in [-0.2, 0) is 16.6 Å². The van der Waals surface area contributed by atoms with Crippen molar-refractivity contribution in [3.05, 3.63) is 12.3 Å². The average molecular weight is 369 g/mol. The minimum absolute atomic E-state index is 0.0685. The van der Waals surface area contributed by atoms with Gasteiger partial charge >= 0.3 is 0 Å². The molecule has 1 saturated carbocycles. The van der Waals surface area contributed by atoms with Crippen molar-refractivity contribution in [3.63, 3.8) is 0 Å². The van der Waals surface area contributed by atoms with Gasteiger partial charge in [0.2, 0.25) is 17.7 Å². The van der Waals surface area contributed by atoms with Gasteiger partial charge in [0, 0.05) is 59.1 Å². The molecule has 0 aromatic carbocycles. The Hall–Kier alpha value is -2.19. The summed E-state index contributed by atoms with van der Waals surface area (Å²) in [4.78, 5) is 28.4. The zero-order valence-corrected chi connectivity index (χ0v) is 15.3. The minimum atomic E-state index is -2.71. The fourth-order valence-electron chi connectivity index (χ4n) is 3.76. The summed E-state index contributed by atoms with van der Waals surface area (Å²) in [6.45, 7) is 0.733. The van der Waals surface area contributed by atoms with Gasteiger partial charge in [0.15, 0.2) is 0 Å². The van der Waals surface area contributed by atoms with Crippen molar-refractivity contribution in [1.82, 2.24) is 19.6 Å². The molecule has 1 aromatic heterocycles. The molecule has 1 aromatic rings. The number of carbonyl (C=O) groups is 2. The molecule has 2 aliphatic rings. The molecule has 0 atom stereocenters. The summed E-state index contributed by atoms with van der Waals surface area (Å²) in [7, 11) is 5.18. The molecule has 0 bridgehead atoms. The molecule has 144 valence electrons. The van der Waals surface area contributed by atoms with Crippen LogP contribution in [-0.4, -0.2) is 70.0 Å². The predicted octanol–water partition coefficient (Wildman–Crippen LogP) is 1.33. The van der Waals surface area contributed by atoms with E-state index in [1.165, 1.54) is 4.90 Å². The van der Waals surface area contributed by atoms with Crippen LogP contribution in [0.5, 0.6) is 0 Å². The summed E-state index contributed by atoms with van der Waals surface area (Å²) in [5.41, 5.74) is -0.836. The highest BCUT2D eigenvalue weighted by atomic mass is 19.3. The number of nitrogens with one attached hydrogen (secondary N) is 1. The van der Waals surface area contributed by atoms with Crippen LogP contribution in [0.2, 0.25) is 0 Å². The van der Waals surface area contributed by atoms with Crippen LogP contribution in [0.3, 0.4) is 0 Å². The van der Waals surface area contributed by atoms with Gasteiger partial charge in [-0.05, 0) is 12.8 Å². The van der Waals surface area contributed by atoms with Crippen molar-refractivity contribution in [3.8, 4) is 0 Å². The van der Waals surface area contributed by atoms with Crippen LogP contribution in [0.15, 0.2) is 12.3 Å². The lowest BCUT2D eigenvalue weighted by atomic mass is 9.79. The van der Waals surface area contributed by atoms with Crippen molar-refractivity contribution < 1.29 is 18.4 Å². The Kier molecular flexibility index (Phi) is 4.66. The van der Waals surface area contributed by atoms with E-state index in [4.69, 9.17) is 0 Å². The highest BCUT2D eigenvalue weighted by molar-refractivity contribution is 5.89. The minimum Gasteiger partial charge on any atom is -0.356 e. The smallest absolute Gasteiger partial charge is 0.249 e. The third-order valence-corrected chi connectivity index (χ3v) is 5.37. The zero-order chi connectivity index (χ0) is 19.1. The third-order valence-electron chi connectivity index (χ3n) is 5.37. The van der Waals surface area contributed by atoms with E-state index in [0.717, 1.165) is 5.82 Å². The molecule has 1 N–H and O–H groups in total. The monoisotopic (exact) mass is 369 g/mol. The summed E-state index contributed by atoms with van der Waals surface area (Å²) in [5.74, 6) is -2.86. The van der Waals surface area contributed by atoms with Crippen LogP contribution in [0.4, 0.5) is 14.6 Å². The molecule has 1 aliphatic heterocycles. The largest absolute Gasteiger partial charge is 0.356 e. The quantitative estimate of drug-likeness (QED) is 0.869. The first kappa shape index (κ1) is 18.6. The van der Waals surface area contributed by atoms with Crippen LogP contribution in [0.25, 0.3) is 0 Å². The molecule has 1 saturated heterocycles. The number of hydrogen-bond donors (Lipinski definition) is 1. The van der Waals surface area contributed by atoms with Crippen molar-refractivity contribution in [1.29, 1.82) is 0 Å². The van der Waals surface area contributed by atoms with Gasteiger partial charge in [0.05, 0.1) is 6.20 Å². The average Bonchev–Trinajstić information content (AvgIpc) is 2.96. The molecule has 3 rings (SSSR count). The van der Waals surface area contributed by atoms with Gasteiger partial charge in [-0.2, -0.15) is 5.10 Å². The number of amides is 2. The molecule has 2 heterocycles. The number of hydrogen-bond acceptors (Lipinski definition) is 4. The summed E-state index contributed by atoms with van der Waals surface area (Å²) < 4.78 is 27.7. The number of piperidine rings is 1. The second kappa shape index (κ2) is 6.51. The Morgan fingerprint density at radius 1 is 1.27 bits per heavy atom. The maximum absolute atomic E-state index is 13.0. The van der Waals surface area contributed by atoms with Crippen molar-refractivity contribution >= 4 is 17.6 Å². The standard InChI is InChI=1S/C17H25F2N5O2/c1-22(2)15(26)16(21-13-4-7-20-23(13)3)5-8-24(9-6-16)14(25)12-10-17(18,19)11-12/h4,7,12,21H,5-6,8-11H2,1-3H3. The number of likely N-dealkylation sites (N-methyl/N-ethyl adjacent to an activating group) is 1. The van der Waals surface area contributed by atoms with E-state index >= 15 is 0 Å². The number of aryl methyl sites for hydroxylation is 1. The maximum Gasteiger partial charge on any atom is 0.249 e. The van der Waals surface area contributed by atoms with Crippen molar-refractivity contribution in [2.75, 3.05) is 32.5 Å². The molecule has 0 radical (unpaired) electrons. The van der Waals surface area contributed by atoms with Gasteiger partial charge < -0.3 is 15.1 Å². The van der Waals surface area contributed by atoms with Gasteiger partial charge in [0.25, 0.3) is 0 Å². The first-order valence-electron chi connectivity index (χ1n) is 8.78. The fourth-order valence-corrected chi connectivity index (χ4v) is 3.76. The molecule has 1 aliphatic carbocycles. The molecular weight excluding hydrogens is 344 g/mol. The topological polar surface area (TPSA) is 70.5 Å². The van der Waals surface area contributed by atoms with Crippen molar-refractivity contribution in [2.45, 2.75) is 37.1 Å². The summed E-state index contributed by atoms with van der Waals surface area (Å²) in [6.07, 6.45) is 1.76. The highest BCUT2D eigenvalue weighted by Crippen LogP contribution is 2.43. The molecule has 0 unspecified atom stereocenters. The predicted molar refractivity (Wildman–Crippen MR) is 91.7 cm³/mol. The van der Waals surface area contributed by atoms with Gasteiger partial charge in [-0.3, -0.25) is 14.3 Å². The lowest BCUT2D eigenvalue weighted by molar-refractivity contribution is -0.161. The van der Waals surface area contributed by atoms with E-state index in [1.807, 2.05) is 0 Å². The molecule has 7 nitrogen and oxygen atoms in total. The van der Waals surface area contributed by atoms with E-state index < -0.39 is 17.4 Å². The number of nitrogens with zero attached hydrogens (tertiary/aromatic N) is 4. The van der Waals surface area contributed by atoms with E-state index in [9.17, 15) is 18.4 Å². The number of aromatic nitrogens is 2. The van der Waals surface area contributed by atoms with E-state index in [1.54, 1.807) is 43.0 Å². The Balaban J connectivity index is 1.70. The lowest BCUT2D eigenvalue weighted by Gasteiger charge is -2.45. The Bertz CT molecular complexity index is 687. The van der Waals surface area contributed by atoms with Crippen LogP contribution in [0.1, 0.15) is 25.7 Å². The van der Waals surface area contributed by atoms with E-state index in [0.29, 0.717) is 25.9 Å². The molecule has 2 fully saturated rings. The Labute approximate surface area is 151 Å². The first-order chi connectivity index (χ1) is 12.1. The van der Waals surface area contributed by atoms with Crippen LogP contribution in [0, 0.1) is 5.92 Å². The molecule has 2 amide bonds. The molecule has 26 heavy (non-hydrogen) atoms. The lowest BCUT2D eigenvalue weighted by Crippen LogP contribution is -2.60. The number of rotatable bonds is 4. The number of halogens is 2. The molecule has 9 heteroatoms. The Morgan fingerprint density at radius 3 is 2.35 bits per heavy atom. The van der Waals surface area contributed by atoms with Crippen molar-refractivity contribution in [2.24, 2.45) is 13.0 Å². The zero-order valence-electron chi connectivity index (χ0n) is 15.3. The number of likely N-dealkylation sites (tertiary alicyclic amines) is 1. The summed E-state index contributed by atoms with van der Waals surface area (Å²) in [5, 5.41) is 7.41. The highest BCUT2D eigenvalue weighted by Gasteiger charge is 2.51. The Morgan fingerprint density at radius 2 is 1.88 bits per heavy atom. The van der Waals surface area contributed by atoms with Crippen LogP contribution < -0.4 is 5.32 Å². The first-order valence-corrected chi connectivity index (χ1v) is 8.78. The van der Waals surface area contributed by atoms with Gasteiger partial charge in [-0.1, -0.05) is 0 Å². The third kappa shape index (κ3) is 3.39.